The zero-order valence-electron chi connectivity index (χ0n) is 7.74. The molecule has 13 heavy (non-hydrogen) atoms. The number of amides is 1. The molecule has 0 bridgehead atoms. The van der Waals surface area contributed by atoms with Crippen LogP contribution in [-0.2, 0) is 4.79 Å². The lowest BCUT2D eigenvalue weighted by atomic mass is 10.5. The molecule has 0 aliphatic heterocycles. The quantitative estimate of drug-likeness (QED) is 0.836. The van der Waals surface area contributed by atoms with Gasteiger partial charge in [0.1, 0.15) is 0 Å². The summed E-state index contributed by atoms with van der Waals surface area (Å²) in [5, 5.41) is 7.21. The molecule has 0 atom stereocenters. The molecule has 1 aromatic heterocycles. The number of anilines is 1. The van der Waals surface area contributed by atoms with E-state index in [-0.39, 0.29) is 5.91 Å². The van der Waals surface area contributed by atoms with Crippen molar-refractivity contribution in [2.24, 2.45) is 0 Å². The van der Waals surface area contributed by atoms with Crippen LogP contribution in [0.4, 0.5) is 5.69 Å². The third kappa shape index (κ3) is 4.33. The maximum absolute atomic E-state index is 11.3. The number of rotatable bonds is 4. The van der Waals surface area contributed by atoms with Crippen LogP contribution in [-0.4, -0.2) is 16.9 Å². The van der Waals surface area contributed by atoms with Crippen LogP contribution in [0, 0.1) is 0 Å². The third-order valence-corrected chi connectivity index (χ3v) is 3.13. The van der Waals surface area contributed by atoms with Crippen molar-refractivity contribution in [3.05, 3.63) is 16.8 Å². The van der Waals surface area contributed by atoms with E-state index < -0.39 is 0 Å². The molecular formula is C9H13NOS2. The van der Waals surface area contributed by atoms with Crippen LogP contribution in [0.15, 0.2) is 16.8 Å². The Kier molecular flexibility index (Phi) is 4.32. The van der Waals surface area contributed by atoms with Gasteiger partial charge in [-0.3, -0.25) is 4.79 Å². The highest BCUT2D eigenvalue weighted by molar-refractivity contribution is 8.00. The van der Waals surface area contributed by atoms with Gasteiger partial charge in [-0.1, -0.05) is 13.8 Å². The molecular weight excluding hydrogens is 202 g/mol. The van der Waals surface area contributed by atoms with Crippen LogP contribution in [0.25, 0.3) is 0 Å². The lowest BCUT2D eigenvalue weighted by Crippen LogP contribution is -2.14. The van der Waals surface area contributed by atoms with Crippen LogP contribution in [0.3, 0.4) is 0 Å². The van der Waals surface area contributed by atoms with E-state index in [4.69, 9.17) is 0 Å². The Morgan fingerprint density at radius 2 is 2.46 bits per heavy atom. The van der Waals surface area contributed by atoms with E-state index >= 15 is 0 Å². The zero-order chi connectivity index (χ0) is 9.68. The summed E-state index contributed by atoms with van der Waals surface area (Å²) >= 11 is 3.24. The topological polar surface area (TPSA) is 29.1 Å². The predicted octanol–water partition coefficient (Wildman–Crippen LogP) is 2.83. The molecule has 0 aliphatic carbocycles. The summed E-state index contributed by atoms with van der Waals surface area (Å²) < 4.78 is 0. The lowest BCUT2D eigenvalue weighted by molar-refractivity contribution is -0.113. The Hall–Kier alpha value is -0.480. The summed E-state index contributed by atoms with van der Waals surface area (Å²) in [5.41, 5.74) is 0.902. The normalized spacial score (nSPS) is 10.4. The molecule has 0 fully saturated rings. The Bertz CT molecular complexity index is 257. The second-order valence-electron chi connectivity index (χ2n) is 2.92. The van der Waals surface area contributed by atoms with Crippen molar-refractivity contribution in [3.8, 4) is 0 Å². The Labute approximate surface area is 86.7 Å². The van der Waals surface area contributed by atoms with Gasteiger partial charge in [0, 0.05) is 5.38 Å². The largest absolute Gasteiger partial charge is 0.325 e. The summed E-state index contributed by atoms with van der Waals surface area (Å²) in [6, 6.07) is 1.91. The molecule has 0 unspecified atom stereocenters. The molecule has 4 heteroatoms. The van der Waals surface area contributed by atoms with Crippen LogP contribution < -0.4 is 5.32 Å². The summed E-state index contributed by atoms with van der Waals surface area (Å²) in [5.74, 6) is 0.616. The molecule has 1 amide bonds. The highest BCUT2D eigenvalue weighted by Gasteiger charge is 2.03. The second kappa shape index (κ2) is 5.29. The smallest absolute Gasteiger partial charge is 0.234 e. The molecule has 0 saturated heterocycles. The molecule has 1 aromatic rings. The molecule has 0 spiro atoms. The lowest BCUT2D eigenvalue weighted by Gasteiger charge is -2.04. The fraction of sp³-hybridized carbons (Fsp3) is 0.444. The number of carbonyl (C=O) groups excluding carboxylic acids is 1. The van der Waals surface area contributed by atoms with E-state index in [1.807, 2.05) is 16.8 Å². The summed E-state index contributed by atoms with van der Waals surface area (Å²) in [7, 11) is 0. The SMILES string of the molecule is CC(C)SCC(=O)Nc1ccsc1. The number of carbonyl (C=O) groups is 1. The number of hydrogen-bond donors (Lipinski definition) is 1. The minimum absolute atomic E-state index is 0.0806. The first kappa shape index (κ1) is 10.6. The van der Waals surface area contributed by atoms with Crippen molar-refractivity contribution in [2.75, 3.05) is 11.1 Å². The molecule has 2 nitrogen and oxygen atoms in total. The Morgan fingerprint density at radius 1 is 1.69 bits per heavy atom. The summed E-state index contributed by atoms with van der Waals surface area (Å²) in [4.78, 5) is 11.3. The van der Waals surface area contributed by atoms with E-state index in [0.717, 1.165) is 5.69 Å². The van der Waals surface area contributed by atoms with Crippen LogP contribution in [0.5, 0.6) is 0 Å². The van der Waals surface area contributed by atoms with Crippen molar-refractivity contribution in [3.63, 3.8) is 0 Å². The second-order valence-corrected chi connectivity index (χ2v) is 5.26. The van der Waals surface area contributed by atoms with Gasteiger partial charge < -0.3 is 5.32 Å². The van der Waals surface area contributed by atoms with Crippen molar-refractivity contribution < 1.29 is 4.79 Å². The van der Waals surface area contributed by atoms with E-state index in [0.29, 0.717) is 11.0 Å². The number of thioether (sulfide) groups is 1. The van der Waals surface area contributed by atoms with Crippen molar-refractivity contribution in [1.29, 1.82) is 0 Å². The third-order valence-electron chi connectivity index (χ3n) is 1.35. The minimum atomic E-state index is 0.0806. The molecule has 0 aromatic carbocycles. The number of thiophene rings is 1. The van der Waals surface area contributed by atoms with Gasteiger partial charge in [0.2, 0.25) is 5.91 Å². The molecule has 1 N–H and O–H groups in total. The molecule has 1 heterocycles. The van der Waals surface area contributed by atoms with Gasteiger partial charge in [0.15, 0.2) is 0 Å². The van der Waals surface area contributed by atoms with E-state index in [1.165, 1.54) is 0 Å². The highest BCUT2D eigenvalue weighted by Crippen LogP contribution is 2.13. The Balaban J connectivity index is 2.26. The molecule has 0 aliphatic rings. The van der Waals surface area contributed by atoms with E-state index in [1.54, 1.807) is 23.1 Å². The number of nitrogens with one attached hydrogen (secondary N) is 1. The van der Waals surface area contributed by atoms with Gasteiger partial charge in [-0.2, -0.15) is 11.3 Å². The van der Waals surface area contributed by atoms with Gasteiger partial charge >= 0.3 is 0 Å². The minimum Gasteiger partial charge on any atom is -0.325 e. The fourth-order valence-electron chi connectivity index (χ4n) is 0.775. The van der Waals surface area contributed by atoms with Crippen LogP contribution in [0.1, 0.15) is 13.8 Å². The summed E-state index contributed by atoms with van der Waals surface area (Å²) in [6.07, 6.45) is 0. The predicted molar refractivity (Wildman–Crippen MR) is 60.5 cm³/mol. The monoisotopic (exact) mass is 215 g/mol. The van der Waals surface area contributed by atoms with E-state index in [2.05, 4.69) is 19.2 Å². The zero-order valence-corrected chi connectivity index (χ0v) is 9.37. The summed E-state index contributed by atoms with van der Waals surface area (Å²) in [6.45, 7) is 4.17. The van der Waals surface area contributed by atoms with Crippen LogP contribution >= 0.6 is 23.1 Å². The number of hydrogen-bond acceptors (Lipinski definition) is 3. The van der Waals surface area contributed by atoms with Crippen molar-refractivity contribution >= 4 is 34.7 Å². The fourth-order valence-corrected chi connectivity index (χ4v) is 1.92. The average molecular weight is 215 g/mol. The van der Waals surface area contributed by atoms with Crippen molar-refractivity contribution in [2.45, 2.75) is 19.1 Å². The van der Waals surface area contributed by atoms with Gasteiger partial charge in [-0.05, 0) is 16.7 Å². The van der Waals surface area contributed by atoms with E-state index in [9.17, 15) is 4.79 Å². The molecule has 0 radical (unpaired) electrons. The van der Waals surface area contributed by atoms with Gasteiger partial charge in [-0.15, -0.1) is 11.8 Å². The van der Waals surface area contributed by atoms with Gasteiger partial charge in [-0.25, -0.2) is 0 Å². The molecule has 1 rings (SSSR count). The average Bonchev–Trinajstić information content (AvgIpc) is 2.53. The van der Waals surface area contributed by atoms with Crippen LogP contribution in [0.2, 0.25) is 0 Å². The first-order chi connectivity index (χ1) is 6.18. The molecule has 72 valence electrons. The van der Waals surface area contributed by atoms with Gasteiger partial charge in [0.25, 0.3) is 0 Å². The van der Waals surface area contributed by atoms with Crippen molar-refractivity contribution in [1.82, 2.24) is 0 Å². The van der Waals surface area contributed by atoms with Gasteiger partial charge in [0.05, 0.1) is 11.4 Å². The first-order valence-electron chi connectivity index (χ1n) is 4.12. The standard InChI is InChI=1S/C9H13NOS2/c1-7(2)13-6-9(11)10-8-3-4-12-5-8/h3-5,7H,6H2,1-2H3,(H,10,11). The molecule has 0 saturated carbocycles. The highest BCUT2D eigenvalue weighted by atomic mass is 32.2. The Morgan fingerprint density at radius 3 is 3.00 bits per heavy atom. The maximum Gasteiger partial charge on any atom is 0.234 e. The first-order valence-corrected chi connectivity index (χ1v) is 6.11. The maximum atomic E-state index is 11.3.